The minimum Gasteiger partial charge on any atom is -0.339 e. The topological polar surface area (TPSA) is 67.2 Å². The van der Waals surface area contributed by atoms with Crippen molar-refractivity contribution in [3.05, 3.63) is 65.2 Å². The van der Waals surface area contributed by atoms with Gasteiger partial charge in [-0.05, 0) is 40.3 Å². The van der Waals surface area contributed by atoms with Crippen LogP contribution in [-0.4, -0.2) is 57.2 Å². The van der Waals surface area contributed by atoms with Gasteiger partial charge in [0, 0.05) is 31.2 Å². The Bertz CT molecular complexity index is 921. The first kappa shape index (κ1) is 17.5. The Morgan fingerprint density at radius 3 is 2.52 bits per heavy atom. The zero-order valence-electron chi connectivity index (χ0n) is 14.7. The number of amides is 1. The van der Waals surface area contributed by atoms with E-state index in [4.69, 9.17) is 11.6 Å². The fourth-order valence-corrected chi connectivity index (χ4v) is 3.42. The molecule has 27 heavy (non-hydrogen) atoms. The number of hydrogen-bond acceptors (Lipinski definition) is 5. The number of rotatable bonds is 4. The second-order valence-electron chi connectivity index (χ2n) is 6.40. The predicted octanol–water partition coefficient (Wildman–Crippen LogP) is 2.21. The number of nitrogens with zero attached hydrogens (tertiary/aromatic N) is 6. The molecular weight excluding hydrogens is 364 g/mol. The molecule has 0 atom stereocenters. The van der Waals surface area contributed by atoms with E-state index in [1.54, 1.807) is 4.68 Å². The summed E-state index contributed by atoms with van der Waals surface area (Å²) in [6.07, 6.45) is 0.363. The van der Waals surface area contributed by atoms with E-state index in [9.17, 15) is 4.79 Å². The highest BCUT2D eigenvalue weighted by atomic mass is 35.5. The Kier molecular flexibility index (Phi) is 5.02. The molecule has 0 spiro atoms. The van der Waals surface area contributed by atoms with Crippen LogP contribution in [0.4, 0.5) is 5.95 Å². The van der Waals surface area contributed by atoms with Crippen LogP contribution >= 0.6 is 11.6 Å². The summed E-state index contributed by atoms with van der Waals surface area (Å²) in [4.78, 5) is 16.6. The fourth-order valence-electron chi connectivity index (χ4n) is 3.21. The number of carbonyl (C=O) groups is 1. The Morgan fingerprint density at radius 2 is 1.78 bits per heavy atom. The number of aromatic nitrogens is 4. The maximum absolute atomic E-state index is 12.6. The Morgan fingerprint density at radius 1 is 1.00 bits per heavy atom. The van der Waals surface area contributed by atoms with Crippen molar-refractivity contribution in [3.8, 4) is 5.69 Å². The van der Waals surface area contributed by atoms with E-state index in [-0.39, 0.29) is 5.91 Å². The molecule has 0 aliphatic carbocycles. The number of hydrogen-bond donors (Lipinski definition) is 0. The number of tetrazole rings is 1. The van der Waals surface area contributed by atoms with Crippen LogP contribution in [0.2, 0.25) is 5.02 Å². The first-order valence-corrected chi connectivity index (χ1v) is 9.19. The zero-order valence-corrected chi connectivity index (χ0v) is 15.5. The van der Waals surface area contributed by atoms with Gasteiger partial charge in [-0.1, -0.05) is 47.0 Å². The largest absolute Gasteiger partial charge is 0.339 e. The third-order valence-electron chi connectivity index (χ3n) is 4.61. The SMILES string of the molecule is O=C(Cc1cccc(Cl)c1)N1CCN(c2nnnn2-c2ccccc2)CC1. The number of para-hydroxylation sites is 1. The molecule has 1 saturated heterocycles. The molecule has 3 aromatic rings. The summed E-state index contributed by atoms with van der Waals surface area (Å²) in [6, 6.07) is 17.2. The van der Waals surface area contributed by atoms with E-state index < -0.39 is 0 Å². The van der Waals surface area contributed by atoms with Gasteiger partial charge < -0.3 is 9.80 Å². The molecule has 1 amide bonds. The van der Waals surface area contributed by atoms with Gasteiger partial charge in [0.15, 0.2) is 0 Å². The van der Waals surface area contributed by atoms with Crippen molar-refractivity contribution < 1.29 is 4.79 Å². The van der Waals surface area contributed by atoms with Crippen molar-refractivity contribution >= 4 is 23.5 Å². The first-order chi connectivity index (χ1) is 13.2. The molecule has 0 N–H and O–H groups in total. The molecule has 0 radical (unpaired) electrons. The quantitative estimate of drug-likeness (QED) is 0.692. The van der Waals surface area contributed by atoms with E-state index in [0.717, 1.165) is 11.3 Å². The lowest BCUT2D eigenvalue weighted by atomic mass is 10.1. The average Bonchev–Trinajstić information content (AvgIpc) is 3.19. The van der Waals surface area contributed by atoms with Crippen molar-refractivity contribution in [1.82, 2.24) is 25.1 Å². The normalized spacial score (nSPS) is 14.4. The molecule has 1 aromatic heterocycles. The molecule has 0 saturated carbocycles. The maximum atomic E-state index is 12.6. The number of carbonyl (C=O) groups excluding carboxylic acids is 1. The Labute approximate surface area is 162 Å². The number of benzene rings is 2. The molecule has 2 aromatic carbocycles. The summed E-state index contributed by atoms with van der Waals surface area (Å²) in [5, 5.41) is 12.7. The monoisotopic (exact) mass is 382 g/mol. The summed E-state index contributed by atoms with van der Waals surface area (Å²) in [5.41, 5.74) is 1.85. The molecule has 7 nitrogen and oxygen atoms in total. The molecule has 4 rings (SSSR count). The number of piperazine rings is 1. The van der Waals surface area contributed by atoms with Crippen molar-refractivity contribution in [2.24, 2.45) is 0 Å². The summed E-state index contributed by atoms with van der Waals surface area (Å²) in [6.45, 7) is 2.66. The molecule has 1 aliphatic heterocycles. The predicted molar refractivity (Wildman–Crippen MR) is 103 cm³/mol. The van der Waals surface area contributed by atoms with Gasteiger partial charge in [-0.25, -0.2) is 0 Å². The van der Waals surface area contributed by atoms with Gasteiger partial charge >= 0.3 is 0 Å². The van der Waals surface area contributed by atoms with Crippen LogP contribution in [0.25, 0.3) is 5.69 Å². The van der Waals surface area contributed by atoms with Crippen LogP contribution in [0.3, 0.4) is 0 Å². The van der Waals surface area contributed by atoms with Crippen molar-refractivity contribution in [3.63, 3.8) is 0 Å². The molecule has 8 heteroatoms. The third-order valence-corrected chi connectivity index (χ3v) is 4.85. The summed E-state index contributed by atoms with van der Waals surface area (Å²) < 4.78 is 1.73. The van der Waals surface area contributed by atoms with E-state index in [1.165, 1.54) is 0 Å². The summed E-state index contributed by atoms with van der Waals surface area (Å²) in [5.74, 6) is 0.808. The van der Waals surface area contributed by atoms with E-state index >= 15 is 0 Å². The van der Waals surface area contributed by atoms with Crippen LogP contribution < -0.4 is 4.90 Å². The van der Waals surface area contributed by atoms with Crippen LogP contribution in [0.5, 0.6) is 0 Å². The Balaban J connectivity index is 1.40. The van der Waals surface area contributed by atoms with Gasteiger partial charge in [-0.15, -0.1) is 0 Å². The van der Waals surface area contributed by atoms with Crippen molar-refractivity contribution in [1.29, 1.82) is 0 Å². The molecule has 0 unspecified atom stereocenters. The molecule has 1 fully saturated rings. The lowest BCUT2D eigenvalue weighted by molar-refractivity contribution is -0.130. The van der Waals surface area contributed by atoms with Gasteiger partial charge in [0.05, 0.1) is 12.1 Å². The second kappa shape index (κ2) is 7.75. The zero-order chi connectivity index (χ0) is 18.6. The summed E-state index contributed by atoms with van der Waals surface area (Å²) >= 11 is 6.00. The van der Waals surface area contributed by atoms with Crippen LogP contribution in [0, 0.1) is 0 Å². The number of halogens is 1. The molecule has 2 heterocycles. The minimum absolute atomic E-state index is 0.111. The van der Waals surface area contributed by atoms with E-state index in [2.05, 4.69) is 20.4 Å². The maximum Gasteiger partial charge on any atom is 0.250 e. The smallest absolute Gasteiger partial charge is 0.250 e. The Hall–Kier alpha value is -2.93. The molecule has 1 aliphatic rings. The van der Waals surface area contributed by atoms with E-state index in [1.807, 2.05) is 59.5 Å². The first-order valence-electron chi connectivity index (χ1n) is 8.82. The van der Waals surface area contributed by atoms with Gasteiger partial charge in [0.2, 0.25) is 11.9 Å². The molecular formula is C19H19ClN6O. The van der Waals surface area contributed by atoms with Crippen molar-refractivity contribution in [2.45, 2.75) is 6.42 Å². The lowest BCUT2D eigenvalue weighted by Crippen LogP contribution is -2.50. The standard InChI is InChI=1S/C19H19ClN6O/c20-16-6-4-5-15(13-16)14-18(27)24-9-11-25(12-10-24)19-21-22-23-26(19)17-7-2-1-3-8-17/h1-8,13H,9-12,14H2. The summed E-state index contributed by atoms with van der Waals surface area (Å²) in [7, 11) is 0. The average molecular weight is 383 g/mol. The minimum atomic E-state index is 0.111. The van der Waals surface area contributed by atoms with Crippen LogP contribution in [0.15, 0.2) is 54.6 Å². The highest BCUT2D eigenvalue weighted by Gasteiger charge is 2.24. The van der Waals surface area contributed by atoms with Gasteiger partial charge in [0.1, 0.15) is 0 Å². The number of anilines is 1. The second-order valence-corrected chi connectivity index (χ2v) is 6.84. The lowest BCUT2D eigenvalue weighted by Gasteiger charge is -2.34. The fraction of sp³-hybridized carbons (Fsp3) is 0.263. The molecule has 138 valence electrons. The van der Waals surface area contributed by atoms with Crippen LogP contribution in [-0.2, 0) is 11.2 Å². The third kappa shape index (κ3) is 3.93. The van der Waals surface area contributed by atoms with Gasteiger partial charge in [-0.3, -0.25) is 4.79 Å². The van der Waals surface area contributed by atoms with Crippen LogP contribution in [0.1, 0.15) is 5.56 Å². The highest BCUT2D eigenvalue weighted by molar-refractivity contribution is 6.30. The molecule has 0 bridgehead atoms. The van der Waals surface area contributed by atoms with Gasteiger partial charge in [0.25, 0.3) is 0 Å². The van der Waals surface area contributed by atoms with Crippen molar-refractivity contribution in [2.75, 3.05) is 31.1 Å². The van der Waals surface area contributed by atoms with E-state index in [0.29, 0.717) is 43.6 Å². The highest BCUT2D eigenvalue weighted by Crippen LogP contribution is 2.18. The van der Waals surface area contributed by atoms with Gasteiger partial charge in [-0.2, -0.15) is 4.68 Å².